The fourth-order valence-corrected chi connectivity index (χ4v) is 13.0. The van der Waals surface area contributed by atoms with Crippen molar-refractivity contribution in [1.82, 2.24) is 0 Å². The monoisotopic (exact) mass is 976 g/mol. The van der Waals surface area contributed by atoms with Crippen molar-refractivity contribution < 1.29 is 8.83 Å². The van der Waals surface area contributed by atoms with Gasteiger partial charge in [0.1, 0.15) is 22.3 Å². The zero-order valence-corrected chi connectivity index (χ0v) is 42.8. The van der Waals surface area contributed by atoms with E-state index in [4.69, 9.17) is 8.83 Å². The lowest BCUT2D eigenvalue weighted by Gasteiger charge is -2.30. The second-order valence-electron chi connectivity index (χ2n) is 21.5. The molecule has 0 amide bonds. The summed E-state index contributed by atoms with van der Waals surface area (Å²) >= 11 is 0. The Bertz CT molecular complexity index is 4160. The SMILES string of the molecule is CC1(C)c2cc3c(cc2-c2c1cc(N(c1ccccc1)c1ccccc1-c1ccccc1)c1c2oc2ccccc21)C(C)(C)c1cc(N(c2ccccc2)c2ccccc2-c2ccccc2)c2c(oc4ccccc42)c1-3. The number of nitrogens with zero attached hydrogens (tertiary/aromatic N) is 2. The largest absolute Gasteiger partial charge is 0.455 e. The molecule has 4 heteroatoms. The van der Waals surface area contributed by atoms with Gasteiger partial charge in [-0.2, -0.15) is 0 Å². The normalized spacial score (nSPS) is 13.7. The van der Waals surface area contributed by atoms with Gasteiger partial charge in [0.2, 0.25) is 0 Å². The van der Waals surface area contributed by atoms with Crippen molar-refractivity contribution in [3.8, 4) is 44.5 Å². The summed E-state index contributed by atoms with van der Waals surface area (Å²) in [6.45, 7) is 9.59. The summed E-state index contributed by atoms with van der Waals surface area (Å²) in [6.07, 6.45) is 0. The molecule has 0 atom stereocenters. The van der Waals surface area contributed by atoms with Gasteiger partial charge in [0, 0.05) is 55.2 Å². The van der Waals surface area contributed by atoms with Crippen LogP contribution >= 0.6 is 0 Å². The van der Waals surface area contributed by atoms with Crippen LogP contribution in [0.5, 0.6) is 0 Å². The van der Waals surface area contributed by atoms with Gasteiger partial charge in [-0.05, 0) is 117 Å². The lowest BCUT2D eigenvalue weighted by atomic mass is 9.79. The van der Waals surface area contributed by atoms with E-state index in [0.29, 0.717) is 0 Å². The average molecular weight is 977 g/mol. The highest BCUT2D eigenvalue weighted by molar-refractivity contribution is 6.21. The Labute approximate surface area is 442 Å². The number of fused-ring (bicyclic) bond motifs is 14. The Balaban J connectivity index is 0.987. The first-order valence-electron chi connectivity index (χ1n) is 26.4. The fourth-order valence-electron chi connectivity index (χ4n) is 13.0. The summed E-state index contributed by atoms with van der Waals surface area (Å²) in [5, 5.41) is 4.37. The van der Waals surface area contributed by atoms with E-state index in [1.165, 1.54) is 33.4 Å². The second kappa shape index (κ2) is 16.6. The summed E-state index contributed by atoms with van der Waals surface area (Å²) in [7, 11) is 0. The lowest BCUT2D eigenvalue weighted by Crippen LogP contribution is -2.18. The van der Waals surface area contributed by atoms with Crippen LogP contribution in [0.1, 0.15) is 49.9 Å². The van der Waals surface area contributed by atoms with E-state index in [0.717, 1.165) is 111 Å². The Kier molecular flexibility index (Phi) is 9.62. The van der Waals surface area contributed by atoms with Crippen LogP contribution in [0.25, 0.3) is 88.4 Å². The van der Waals surface area contributed by atoms with E-state index < -0.39 is 10.8 Å². The molecule has 0 spiro atoms. The molecule has 0 saturated carbocycles. The van der Waals surface area contributed by atoms with Gasteiger partial charge in [0.25, 0.3) is 0 Å². The number of benzene rings is 11. The predicted octanol–water partition coefficient (Wildman–Crippen LogP) is 20.4. The van der Waals surface area contributed by atoms with Gasteiger partial charge in [0.05, 0.1) is 33.5 Å². The van der Waals surface area contributed by atoms with Crippen molar-refractivity contribution in [2.75, 3.05) is 9.80 Å². The van der Waals surface area contributed by atoms with Gasteiger partial charge in [-0.3, -0.25) is 0 Å². The first-order chi connectivity index (χ1) is 37.3. The molecule has 2 aromatic heterocycles. The Morgan fingerprint density at radius 3 is 1.05 bits per heavy atom. The molecule has 0 saturated heterocycles. The Hall–Kier alpha value is -9.38. The van der Waals surface area contributed by atoms with Crippen molar-refractivity contribution in [2.45, 2.75) is 38.5 Å². The number of anilines is 6. The minimum absolute atomic E-state index is 0.423. The average Bonchev–Trinajstić information content (AvgIpc) is 4.31. The number of furan rings is 2. The molecule has 2 aliphatic rings. The number of rotatable bonds is 8. The van der Waals surface area contributed by atoms with Gasteiger partial charge < -0.3 is 18.6 Å². The van der Waals surface area contributed by atoms with E-state index in [2.05, 4.69) is 280 Å². The smallest absolute Gasteiger partial charge is 0.145 e. The molecule has 13 aromatic rings. The van der Waals surface area contributed by atoms with E-state index >= 15 is 0 Å². The van der Waals surface area contributed by atoms with E-state index in [1.54, 1.807) is 0 Å². The Morgan fingerprint density at radius 2 is 0.645 bits per heavy atom. The first-order valence-corrected chi connectivity index (χ1v) is 26.4. The number of hydrogen-bond donors (Lipinski definition) is 0. The van der Waals surface area contributed by atoms with Crippen LogP contribution in [0.3, 0.4) is 0 Å². The van der Waals surface area contributed by atoms with Gasteiger partial charge in [-0.25, -0.2) is 0 Å². The van der Waals surface area contributed by atoms with E-state index in [9.17, 15) is 0 Å². The third-order valence-electron chi connectivity index (χ3n) is 16.6. The summed E-state index contributed by atoms with van der Waals surface area (Å²) in [5.41, 5.74) is 23.6. The molecule has 0 radical (unpaired) electrons. The van der Waals surface area contributed by atoms with Crippen molar-refractivity contribution in [3.05, 3.63) is 265 Å². The minimum atomic E-state index is -0.423. The molecule has 0 unspecified atom stereocenters. The summed E-state index contributed by atoms with van der Waals surface area (Å²) in [6, 6.07) is 87.8. The Morgan fingerprint density at radius 1 is 0.303 bits per heavy atom. The molecular formula is C72H52N2O2. The minimum Gasteiger partial charge on any atom is -0.455 e. The van der Waals surface area contributed by atoms with Gasteiger partial charge >= 0.3 is 0 Å². The maximum Gasteiger partial charge on any atom is 0.145 e. The zero-order chi connectivity index (χ0) is 50.9. The summed E-state index contributed by atoms with van der Waals surface area (Å²) in [4.78, 5) is 4.91. The van der Waals surface area contributed by atoms with Gasteiger partial charge in [-0.1, -0.05) is 198 Å². The van der Waals surface area contributed by atoms with Crippen molar-refractivity contribution in [3.63, 3.8) is 0 Å². The molecule has 11 aromatic carbocycles. The highest BCUT2D eigenvalue weighted by atomic mass is 16.3. The summed E-state index contributed by atoms with van der Waals surface area (Å²) in [5.74, 6) is 0. The molecular weight excluding hydrogens is 925 g/mol. The maximum absolute atomic E-state index is 7.27. The molecule has 15 rings (SSSR count). The quantitative estimate of drug-likeness (QED) is 0.152. The molecule has 4 nitrogen and oxygen atoms in total. The van der Waals surface area contributed by atoms with Crippen LogP contribution in [0.2, 0.25) is 0 Å². The first kappa shape index (κ1) is 44.1. The van der Waals surface area contributed by atoms with Crippen molar-refractivity contribution in [2.24, 2.45) is 0 Å². The van der Waals surface area contributed by atoms with E-state index in [1.807, 2.05) is 0 Å². The van der Waals surface area contributed by atoms with Crippen LogP contribution in [0, 0.1) is 0 Å². The molecule has 0 aliphatic heterocycles. The molecule has 76 heavy (non-hydrogen) atoms. The molecule has 0 bridgehead atoms. The highest BCUT2D eigenvalue weighted by Gasteiger charge is 2.46. The van der Waals surface area contributed by atoms with Crippen LogP contribution in [-0.2, 0) is 10.8 Å². The highest BCUT2D eigenvalue weighted by Crippen LogP contribution is 2.62. The molecule has 2 heterocycles. The van der Waals surface area contributed by atoms with Crippen molar-refractivity contribution >= 4 is 78.0 Å². The standard InChI is InChI=1S/C72H52N2O2/c1-71(2)55-41-54-56(42-53(55)65-57(71)43-61(67-51-35-19-23-39-63(51)75-69(65)67)73(47-29-13-7-14-30-47)59-37-21-17-33-49(59)45-25-9-5-10-26-45)72(3,4)58-44-62(68-52-36-20-24-40-64(52)76-70(68)66(54)58)74(48-31-15-8-16-32-48)60-38-22-18-34-50(60)46-27-11-6-12-28-46/h5-44H,1-4H3. The molecule has 0 fully saturated rings. The second-order valence-corrected chi connectivity index (χ2v) is 21.5. The van der Waals surface area contributed by atoms with Gasteiger partial charge in [0.15, 0.2) is 0 Å². The maximum atomic E-state index is 7.27. The van der Waals surface area contributed by atoms with Crippen LogP contribution < -0.4 is 9.80 Å². The van der Waals surface area contributed by atoms with Gasteiger partial charge in [-0.15, -0.1) is 0 Å². The van der Waals surface area contributed by atoms with Crippen LogP contribution in [0.4, 0.5) is 34.1 Å². The number of hydrogen-bond acceptors (Lipinski definition) is 4. The van der Waals surface area contributed by atoms with E-state index in [-0.39, 0.29) is 0 Å². The lowest BCUT2D eigenvalue weighted by molar-refractivity contribution is 0.648. The van der Waals surface area contributed by atoms with Crippen LogP contribution in [0.15, 0.2) is 251 Å². The van der Waals surface area contributed by atoms with Crippen molar-refractivity contribution in [1.29, 1.82) is 0 Å². The zero-order valence-electron chi connectivity index (χ0n) is 42.8. The third-order valence-corrected chi connectivity index (χ3v) is 16.6. The summed E-state index contributed by atoms with van der Waals surface area (Å²) < 4.78 is 14.5. The fraction of sp³-hybridized carbons (Fsp3) is 0.0833. The molecule has 0 N–H and O–H groups in total. The number of para-hydroxylation sites is 6. The topological polar surface area (TPSA) is 32.8 Å². The molecule has 362 valence electrons. The molecule has 2 aliphatic carbocycles. The third kappa shape index (κ3) is 6.37. The van der Waals surface area contributed by atoms with Crippen LogP contribution in [-0.4, -0.2) is 0 Å². The predicted molar refractivity (Wildman–Crippen MR) is 316 cm³/mol.